The number of halogens is 4. The minimum Gasteiger partial charge on any atom is -0.349 e. The smallest absolute Gasteiger partial charge is 0.277 e. The van der Waals surface area contributed by atoms with Crippen LogP contribution in [0.25, 0.3) is 0 Å². The average Bonchev–Trinajstić information content (AvgIpc) is 2.39. The number of carbonyl (C=O) groups excluding carboxylic acids is 1. The highest BCUT2D eigenvalue weighted by molar-refractivity contribution is 6.42. The van der Waals surface area contributed by atoms with E-state index in [-0.39, 0.29) is 0 Å². The van der Waals surface area contributed by atoms with E-state index in [1.165, 1.54) is 0 Å². The van der Waals surface area contributed by atoms with E-state index >= 15 is 0 Å². The van der Waals surface area contributed by atoms with Crippen LogP contribution in [0.1, 0.15) is 24.8 Å². The Morgan fingerprint density at radius 3 is 2.48 bits per heavy atom. The van der Waals surface area contributed by atoms with E-state index < -0.39 is 30.3 Å². The standard InChI is InChI=1S/C14H16Cl2F2N2O/c15-10-3-2-9(6-11(10)16)13(4-1-5-13)12(21)20-8-14(17,18)7-19/h2-3,6H,1,4-5,7-8,19H2,(H,20,21). The zero-order valence-corrected chi connectivity index (χ0v) is 12.8. The molecule has 3 nitrogen and oxygen atoms in total. The van der Waals surface area contributed by atoms with Gasteiger partial charge in [0, 0.05) is 0 Å². The number of rotatable bonds is 5. The van der Waals surface area contributed by atoms with Crippen molar-refractivity contribution >= 4 is 29.1 Å². The molecule has 0 aliphatic heterocycles. The first-order valence-corrected chi connectivity index (χ1v) is 7.38. The highest BCUT2D eigenvalue weighted by Gasteiger charge is 2.46. The summed E-state index contributed by atoms with van der Waals surface area (Å²) in [6.07, 6.45) is 2.07. The van der Waals surface area contributed by atoms with Crippen molar-refractivity contribution in [2.75, 3.05) is 13.1 Å². The number of amides is 1. The number of alkyl halides is 2. The highest BCUT2D eigenvalue weighted by atomic mass is 35.5. The molecule has 7 heteroatoms. The van der Waals surface area contributed by atoms with Crippen LogP contribution in [0.4, 0.5) is 8.78 Å². The van der Waals surface area contributed by atoms with Crippen molar-refractivity contribution in [3.63, 3.8) is 0 Å². The summed E-state index contributed by atoms with van der Waals surface area (Å²) >= 11 is 11.8. The van der Waals surface area contributed by atoms with Crippen LogP contribution in [0.3, 0.4) is 0 Å². The van der Waals surface area contributed by atoms with Crippen LogP contribution < -0.4 is 11.1 Å². The molecular formula is C14H16Cl2F2N2O. The quantitative estimate of drug-likeness (QED) is 0.867. The summed E-state index contributed by atoms with van der Waals surface area (Å²) < 4.78 is 26.3. The van der Waals surface area contributed by atoms with Gasteiger partial charge in [0.05, 0.1) is 28.5 Å². The molecule has 116 valence electrons. The molecule has 1 fully saturated rings. The fourth-order valence-electron chi connectivity index (χ4n) is 2.42. The normalized spacial score (nSPS) is 17.2. The van der Waals surface area contributed by atoms with E-state index in [4.69, 9.17) is 28.9 Å². The van der Waals surface area contributed by atoms with Crippen LogP contribution >= 0.6 is 23.2 Å². The summed E-state index contributed by atoms with van der Waals surface area (Å²) in [5, 5.41) is 3.05. The Labute approximate surface area is 131 Å². The first-order chi connectivity index (χ1) is 9.81. The molecule has 1 amide bonds. The van der Waals surface area contributed by atoms with Gasteiger partial charge in [0.2, 0.25) is 5.91 Å². The van der Waals surface area contributed by atoms with Crippen molar-refractivity contribution in [2.24, 2.45) is 5.73 Å². The molecule has 0 radical (unpaired) electrons. The topological polar surface area (TPSA) is 55.1 Å². The number of nitrogens with two attached hydrogens (primary N) is 1. The van der Waals surface area contributed by atoms with Crippen molar-refractivity contribution in [3.8, 4) is 0 Å². The van der Waals surface area contributed by atoms with E-state index in [2.05, 4.69) is 5.32 Å². The van der Waals surface area contributed by atoms with Gasteiger partial charge in [-0.3, -0.25) is 4.79 Å². The monoisotopic (exact) mass is 336 g/mol. The molecule has 21 heavy (non-hydrogen) atoms. The van der Waals surface area contributed by atoms with Gasteiger partial charge in [0.1, 0.15) is 0 Å². The summed E-state index contributed by atoms with van der Waals surface area (Å²) in [5.41, 5.74) is 4.87. The lowest BCUT2D eigenvalue weighted by Gasteiger charge is -2.41. The van der Waals surface area contributed by atoms with E-state index in [1.54, 1.807) is 18.2 Å². The van der Waals surface area contributed by atoms with E-state index in [0.29, 0.717) is 28.5 Å². The van der Waals surface area contributed by atoms with Gasteiger partial charge in [0.15, 0.2) is 0 Å². The first-order valence-electron chi connectivity index (χ1n) is 6.62. The van der Waals surface area contributed by atoms with Crippen molar-refractivity contribution in [1.82, 2.24) is 5.32 Å². The Hall–Kier alpha value is -0.910. The Morgan fingerprint density at radius 1 is 1.33 bits per heavy atom. The summed E-state index contributed by atoms with van der Waals surface area (Å²) in [6, 6.07) is 4.96. The van der Waals surface area contributed by atoms with Crippen LogP contribution in [0.5, 0.6) is 0 Å². The lowest BCUT2D eigenvalue weighted by Crippen LogP contribution is -2.52. The molecule has 1 aromatic carbocycles. The third-order valence-corrected chi connectivity index (χ3v) is 4.66. The fourth-order valence-corrected chi connectivity index (χ4v) is 2.72. The zero-order chi connectivity index (χ0) is 15.7. The van der Waals surface area contributed by atoms with E-state index in [9.17, 15) is 13.6 Å². The number of hydrogen-bond donors (Lipinski definition) is 2. The molecule has 0 unspecified atom stereocenters. The maximum absolute atomic E-state index is 13.2. The summed E-state index contributed by atoms with van der Waals surface area (Å²) in [6.45, 7) is -1.56. The number of nitrogens with one attached hydrogen (secondary N) is 1. The van der Waals surface area contributed by atoms with Crippen LogP contribution in [-0.2, 0) is 10.2 Å². The molecule has 3 N–H and O–H groups in total. The van der Waals surface area contributed by atoms with Gasteiger partial charge in [-0.15, -0.1) is 0 Å². The summed E-state index contributed by atoms with van der Waals surface area (Å²) in [5.74, 6) is -3.52. The number of benzene rings is 1. The molecule has 1 aliphatic rings. The van der Waals surface area contributed by atoms with Gasteiger partial charge in [-0.05, 0) is 30.5 Å². The van der Waals surface area contributed by atoms with Crippen LogP contribution in [0, 0.1) is 0 Å². The van der Waals surface area contributed by atoms with Crippen molar-refractivity contribution in [3.05, 3.63) is 33.8 Å². The minimum atomic E-state index is -3.10. The summed E-state index contributed by atoms with van der Waals surface area (Å²) in [7, 11) is 0. The predicted octanol–water partition coefficient (Wildman–Crippen LogP) is 3.13. The zero-order valence-electron chi connectivity index (χ0n) is 11.3. The van der Waals surface area contributed by atoms with Gasteiger partial charge in [-0.2, -0.15) is 0 Å². The second-order valence-electron chi connectivity index (χ2n) is 5.31. The van der Waals surface area contributed by atoms with Crippen molar-refractivity contribution in [1.29, 1.82) is 0 Å². The van der Waals surface area contributed by atoms with Crippen molar-refractivity contribution < 1.29 is 13.6 Å². The molecule has 0 heterocycles. The predicted molar refractivity (Wildman–Crippen MR) is 79.0 cm³/mol. The van der Waals surface area contributed by atoms with Gasteiger partial charge in [-0.25, -0.2) is 8.78 Å². The summed E-state index contributed by atoms with van der Waals surface area (Å²) in [4.78, 5) is 12.3. The van der Waals surface area contributed by atoms with Crippen LogP contribution in [0.2, 0.25) is 10.0 Å². The lowest BCUT2D eigenvalue weighted by molar-refractivity contribution is -0.131. The first kappa shape index (κ1) is 16.5. The molecule has 0 bridgehead atoms. The molecule has 1 aliphatic carbocycles. The molecule has 0 saturated heterocycles. The SMILES string of the molecule is NCC(F)(F)CNC(=O)C1(c2ccc(Cl)c(Cl)c2)CCC1. The fraction of sp³-hybridized carbons (Fsp3) is 0.500. The molecule has 2 rings (SSSR count). The minimum absolute atomic E-state index is 0.348. The number of carbonyl (C=O) groups is 1. The van der Waals surface area contributed by atoms with Crippen LogP contribution in [0.15, 0.2) is 18.2 Å². The molecule has 1 saturated carbocycles. The average molecular weight is 337 g/mol. The maximum atomic E-state index is 13.2. The Balaban J connectivity index is 2.17. The third kappa shape index (κ3) is 3.30. The Kier molecular flexibility index (Phi) is 4.76. The van der Waals surface area contributed by atoms with Gasteiger partial charge >= 0.3 is 0 Å². The van der Waals surface area contributed by atoms with E-state index in [1.807, 2.05) is 0 Å². The maximum Gasteiger partial charge on any atom is 0.277 e. The van der Waals surface area contributed by atoms with Crippen LogP contribution in [-0.4, -0.2) is 24.9 Å². The largest absolute Gasteiger partial charge is 0.349 e. The second kappa shape index (κ2) is 6.07. The van der Waals surface area contributed by atoms with E-state index in [0.717, 1.165) is 6.42 Å². The lowest BCUT2D eigenvalue weighted by atomic mass is 9.64. The van der Waals surface area contributed by atoms with Gasteiger partial charge in [-0.1, -0.05) is 35.7 Å². The number of hydrogen-bond acceptors (Lipinski definition) is 2. The molecular weight excluding hydrogens is 321 g/mol. The van der Waals surface area contributed by atoms with Gasteiger partial charge in [0.25, 0.3) is 5.92 Å². The molecule has 0 spiro atoms. The highest BCUT2D eigenvalue weighted by Crippen LogP contribution is 2.45. The van der Waals surface area contributed by atoms with Crippen molar-refractivity contribution in [2.45, 2.75) is 30.6 Å². The molecule has 1 aromatic rings. The molecule has 0 aromatic heterocycles. The Morgan fingerprint density at radius 2 is 2.00 bits per heavy atom. The third-order valence-electron chi connectivity index (χ3n) is 3.92. The Bertz CT molecular complexity index is 548. The second-order valence-corrected chi connectivity index (χ2v) is 6.12. The van der Waals surface area contributed by atoms with Gasteiger partial charge < -0.3 is 11.1 Å². The molecule has 0 atom stereocenters.